The number of carbonyl (C=O) groups excluding carboxylic acids is 4. The van der Waals surface area contributed by atoms with E-state index in [0.717, 1.165) is 70.0 Å². The number of aromatic nitrogens is 4. The minimum absolute atomic E-state index is 0.0622. The summed E-state index contributed by atoms with van der Waals surface area (Å²) in [6.45, 7) is 0. The van der Waals surface area contributed by atoms with E-state index in [1.165, 1.54) is 0 Å². The Hall–Kier alpha value is -6.84. The molecule has 2 aliphatic heterocycles. The third-order valence-corrected chi connectivity index (χ3v) is 12.1. The molecule has 13 heteroatoms. The number of imidazole rings is 2. The normalized spacial score (nSPS) is 19.1. The Labute approximate surface area is 345 Å². The Bertz CT molecular complexity index is 2720. The predicted octanol–water partition coefficient (Wildman–Crippen LogP) is 7.85. The summed E-state index contributed by atoms with van der Waals surface area (Å²) >= 11 is 6.21. The molecular weight excluding hydrogens is 766 g/mol. The molecule has 1 atom stereocenters. The monoisotopic (exact) mass is 803 g/mol. The molecule has 0 radical (unpaired) electrons. The molecule has 0 unspecified atom stereocenters. The summed E-state index contributed by atoms with van der Waals surface area (Å²) in [4.78, 5) is 61.2. The molecule has 12 nitrogen and oxygen atoms in total. The van der Waals surface area contributed by atoms with Gasteiger partial charge in [-0.05, 0) is 78.6 Å². The zero-order chi connectivity index (χ0) is 40.9. The van der Waals surface area contributed by atoms with Crippen LogP contribution in [-0.2, 0) is 23.7 Å². The van der Waals surface area contributed by atoms with Crippen LogP contribution in [-0.4, -0.2) is 59.8 Å². The second-order valence-corrected chi connectivity index (χ2v) is 15.7. The first kappa shape index (κ1) is 37.7. The molecule has 0 spiro atoms. The van der Waals surface area contributed by atoms with Crippen molar-refractivity contribution in [3.63, 3.8) is 0 Å². The minimum atomic E-state index is -1.02. The smallest absolute Gasteiger partial charge is 0.262 e. The van der Waals surface area contributed by atoms with Crippen LogP contribution < -0.4 is 10.1 Å². The number of hydrogen-bond donors (Lipinski definition) is 1. The fourth-order valence-corrected chi connectivity index (χ4v) is 8.80. The van der Waals surface area contributed by atoms with Crippen molar-refractivity contribution < 1.29 is 23.9 Å². The molecule has 1 saturated carbocycles. The average molecular weight is 804 g/mol. The number of carbonyl (C=O) groups is 4. The van der Waals surface area contributed by atoms with Crippen molar-refractivity contribution in [2.75, 3.05) is 0 Å². The topological polar surface area (TPSA) is 152 Å². The van der Waals surface area contributed by atoms with Crippen molar-refractivity contribution in [2.24, 2.45) is 14.1 Å². The van der Waals surface area contributed by atoms with Gasteiger partial charge in [-0.1, -0.05) is 66.2 Å². The summed E-state index contributed by atoms with van der Waals surface area (Å²) in [5, 5.41) is 11.8. The molecule has 6 aromatic rings. The highest BCUT2D eigenvalue weighted by Gasteiger charge is 2.44. The Balaban J connectivity index is 0.850. The minimum Gasteiger partial charge on any atom is -0.490 e. The molecular formula is C46H38ClN7O5. The van der Waals surface area contributed by atoms with Crippen LogP contribution in [0.25, 0.3) is 45.0 Å². The van der Waals surface area contributed by atoms with Crippen LogP contribution in [0.5, 0.6) is 5.75 Å². The summed E-state index contributed by atoms with van der Waals surface area (Å²) in [6, 6.07) is 28.0. The standard InChI is InChI=1S/C46H38ClN7O5/c1-52-39(24-49-42(52)30-11-15-33(16-12-30)59-34-17-13-32(23-48)37(47)22-34)28-7-3-26(4-8-28)27-5-9-29(10-6-27)40-25-50-43(53(40)2)31-14-18-35-36(21-31)46(58)54(45(35)57)38-19-20-41(55)51-44(38)56/h3-10,13-14,17-18,21-22,24-25,30,33,38H,11-12,15-16,19-20H2,1-2H3,(H,51,55,56)/t30?,33?,38-/m1/s1. The Morgan fingerprint density at radius 2 is 1.32 bits per heavy atom. The molecule has 294 valence electrons. The third-order valence-electron chi connectivity index (χ3n) is 11.8. The molecule has 4 amide bonds. The Morgan fingerprint density at radius 1 is 0.712 bits per heavy atom. The van der Waals surface area contributed by atoms with E-state index >= 15 is 0 Å². The van der Waals surface area contributed by atoms with Gasteiger partial charge in [-0.2, -0.15) is 5.26 Å². The van der Waals surface area contributed by atoms with Gasteiger partial charge in [-0.3, -0.25) is 29.4 Å². The molecule has 9 rings (SSSR count). The van der Waals surface area contributed by atoms with Crippen molar-refractivity contribution in [1.29, 1.82) is 5.26 Å². The van der Waals surface area contributed by atoms with Crippen molar-refractivity contribution in [1.82, 2.24) is 29.3 Å². The number of piperidine rings is 1. The van der Waals surface area contributed by atoms with Crippen molar-refractivity contribution >= 4 is 35.2 Å². The van der Waals surface area contributed by atoms with Crippen molar-refractivity contribution in [3.05, 3.63) is 125 Å². The van der Waals surface area contributed by atoms with Gasteiger partial charge in [-0.15, -0.1) is 0 Å². The maximum Gasteiger partial charge on any atom is 0.262 e. The highest BCUT2D eigenvalue weighted by molar-refractivity contribution is 6.31. The molecule has 4 aromatic carbocycles. The van der Waals surface area contributed by atoms with Crippen LogP contribution in [0.15, 0.2) is 97.3 Å². The van der Waals surface area contributed by atoms with Gasteiger partial charge >= 0.3 is 0 Å². The van der Waals surface area contributed by atoms with Crippen LogP contribution in [0, 0.1) is 11.3 Å². The van der Waals surface area contributed by atoms with E-state index in [9.17, 15) is 19.2 Å². The first-order valence-electron chi connectivity index (χ1n) is 19.5. The maximum atomic E-state index is 13.4. The van der Waals surface area contributed by atoms with E-state index in [1.807, 2.05) is 17.8 Å². The summed E-state index contributed by atoms with van der Waals surface area (Å²) in [5.74, 6) is 0.572. The molecule has 1 N–H and O–H groups in total. The zero-order valence-corrected chi connectivity index (χ0v) is 33.1. The van der Waals surface area contributed by atoms with Crippen LogP contribution in [0.3, 0.4) is 0 Å². The van der Waals surface area contributed by atoms with Crippen molar-refractivity contribution in [3.8, 4) is 56.8 Å². The number of imide groups is 2. The average Bonchev–Trinajstić information content (AvgIpc) is 3.90. The van der Waals surface area contributed by atoms with E-state index in [2.05, 4.69) is 76.5 Å². The number of hydrogen-bond acceptors (Lipinski definition) is 8. The molecule has 1 aliphatic carbocycles. The number of halogens is 1. The van der Waals surface area contributed by atoms with Gasteiger partial charge in [0.15, 0.2) is 0 Å². The van der Waals surface area contributed by atoms with E-state index in [0.29, 0.717) is 33.6 Å². The second-order valence-electron chi connectivity index (χ2n) is 15.3. The number of benzene rings is 4. The van der Waals surface area contributed by atoms with E-state index in [1.54, 1.807) is 42.6 Å². The lowest BCUT2D eigenvalue weighted by Gasteiger charge is -2.29. The highest BCUT2D eigenvalue weighted by atomic mass is 35.5. The van der Waals surface area contributed by atoms with Crippen LogP contribution >= 0.6 is 11.6 Å². The molecule has 59 heavy (non-hydrogen) atoms. The van der Waals surface area contributed by atoms with Gasteiger partial charge in [-0.25, -0.2) is 9.97 Å². The lowest BCUT2D eigenvalue weighted by Crippen LogP contribution is -2.54. The first-order chi connectivity index (χ1) is 28.6. The summed E-state index contributed by atoms with van der Waals surface area (Å²) in [5.41, 5.74) is 7.66. The number of fused-ring (bicyclic) bond motifs is 1. The third kappa shape index (κ3) is 6.87. The largest absolute Gasteiger partial charge is 0.490 e. The number of amides is 4. The number of nitriles is 1. The molecule has 2 fully saturated rings. The number of nitrogens with one attached hydrogen (secondary N) is 1. The summed E-state index contributed by atoms with van der Waals surface area (Å²) < 4.78 is 10.4. The van der Waals surface area contributed by atoms with Gasteiger partial charge in [0.25, 0.3) is 11.8 Å². The zero-order valence-electron chi connectivity index (χ0n) is 32.3. The molecule has 4 heterocycles. The number of ether oxygens (including phenoxy) is 1. The van der Waals surface area contributed by atoms with Crippen LogP contribution in [0.1, 0.15) is 76.5 Å². The van der Waals surface area contributed by atoms with Crippen molar-refractivity contribution in [2.45, 2.75) is 56.6 Å². The fraction of sp³-hybridized carbons (Fsp3) is 0.239. The van der Waals surface area contributed by atoms with E-state index in [-0.39, 0.29) is 30.1 Å². The van der Waals surface area contributed by atoms with Gasteiger partial charge in [0.05, 0.1) is 51.6 Å². The quantitative estimate of drug-likeness (QED) is 0.153. The maximum absolute atomic E-state index is 13.4. The van der Waals surface area contributed by atoms with Gasteiger partial charge in [0.2, 0.25) is 11.8 Å². The Kier molecular flexibility index (Phi) is 9.69. The molecule has 3 aliphatic rings. The SMILES string of the molecule is Cn1c(-c2ccc(-c3ccc(-c4cnc(C5CCC(Oc6ccc(C#N)c(Cl)c6)CC5)n4C)cc3)cc2)cnc1-c1ccc2c(c1)C(=O)N([C@@H]1CCC(=O)NC1=O)C2=O. The lowest BCUT2D eigenvalue weighted by molar-refractivity contribution is -0.136. The second kappa shape index (κ2) is 15.2. The van der Waals surface area contributed by atoms with Crippen LogP contribution in [0.4, 0.5) is 0 Å². The first-order valence-corrected chi connectivity index (χ1v) is 19.9. The van der Waals surface area contributed by atoms with Gasteiger partial charge in [0, 0.05) is 38.1 Å². The fourth-order valence-electron chi connectivity index (χ4n) is 8.59. The van der Waals surface area contributed by atoms with Crippen LogP contribution in [0.2, 0.25) is 5.02 Å². The summed E-state index contributed by atoms with van der Waals surface area (Å²) in [6.07, 6.45) is 7.76. The lowest BCUT2D eigenvalue weighted by atomic mass is 9.86. The van der Waals surface area contributed by atoms with Gasteiger partial charge in [0.1, 0.15) is 29.5 Å². The molecule has 0 bridgehead atoms. The number of rotatable bonds is 8. The van der Waals surface area contributed by atoms with E-state index in [4.69, 9.17) is 26.6 Å². The van der Waals surface area contributed by atoms with Gasteiger partial charge < -0.3 is 13.9 Å². The highest BCUT2D eigenvalue weighted by Crippen LogP contribution is 2.37. The predicted molar refractivity (Wildman–Crippen MR) is 220 cm³/mol. The summed E-state index contributed by atoms with van der Waals surface area (Å²) in [7, 11) is 3.98. The molecule has 2 aromatic heterocycles. The molecule has 1 saturated heterocycles. The number of nitrogens with zero attached hydrogens (tertiary/aromatic N) is 6. The Morgan fingerprint density at radius 3 is 1.97 bits per heavy atom. The van der Waals surface area contributed by atoms with E-state index < -0.39 is 29.7 Å².